The Bertz CT molecular complexity index is 905. The third kappa shape index (κ3) is 3.46. The van der Waals surface area contributed by atoms with Crippen LogP contribution >= 0.6 is 0 Å². The lowest BCUT2D eigenvalue weighted by Crippen LogP contribution is -2.07. The Balaban J connectivity index is 1.99. The number of hydrogen-bond donors (Lipinski definition) is 0. The van der Waals surface area contributed by atoms with Crippen LogP contribution in [0.15, 0.2) is 71.8 Å². The molecule has 0 fully saturated rings. The van der Waals surface area contributed by atoms with E-state index in [-0.39, 0.29) is 5.75 Å². The van der Waals surface area contributed by atoms with Crippen molar-refractivity contribution in [3.05, 3.63) is 78.0 Å². The summed E-state index contributed by atoms with van der Waals surface area (Å²) in [6.07, 6.45) is 1.52. The third-order valence-corrected chi connectivity index (χ3v) is 5.26. The average Bonchev–Trinajstić information content (AvgIpc) is 2.56. The first-order valence-electron chi connectivity index (χ1n) is 7.22. The Labute approximate surface area is 135 Å². The van der Waals surface area contributed by atoms with Crippen LogP contribution in [0.4, 0.5) is 0 Å². The topological polar surface area (TPSA) is 59.9 Å². The van der Waals surface area contributed by atoms with Gasteiger partial charge in [0.05, 0.1) is 16.3 Å². The van der Waals surface area contributed by atoms with E-state index in [1.165, 1.54) is 6.20 Å². The summed E-state index contributed by atoms with van der Waals surface area (Å²) in [6, 6.07) is 18.1. The molecule has 0 bridgehead atoms. The van der Waals surface area contributed by atoms with E-state index in [1.807, 2.05) is 37.3 Å². The van der Waals surface area contributed by atoms with E-state index < -0.39 is 9.84 Å². The van der Waals surface area contributed by atoms with Crippen LogP contribution in [0.5, 0.6) is 0 Å². The fraction of sp³-hybridized carbons (Fsp3) is 0.111. The van der Waals surface area contributed by atoms with Crippen molar-refractivity contribution in [2.45, 2.75) is 17.6 Å². The van der Waals surface area contributed by atoms with E-state index in [0.717, 1.165) is 11.1 Å². The highest BCUT2D eigenvalue weighted by Crippen LogP contribution is 2.24. The molecule has 0 amide bonds. The van der Waals surface area contributed by atoms with Crippen molar-refractivity contribution in [3.63, 3.8) is 0 Å². The molecule has 0 aliphatic heterocycles. The lowest BCUT2D eigenvalue weighted by atomic mass is 10.1. The van der Waals surface area contributed by atoms with Crippen LogP contribution in [0.1, 0.15) is 11.1 Å². The van der Waals surface area contributed by atoms with E-state index >= 15 is 0 Å². The molecular formula is C18H16N2O2S. The minimum absolute atomic E-state index is 0.101. The van der Waals surface area contributed by atoms with Gasteiger partial charge in [0.25, 0.3) is 0 Å². The van der Waals surface area contributed by atoms with Gasteiger partial charge in [-0.15, -0.1) is 0 Å². The van der Waals surface area contributed by atoms with Gasteiger partial charge in [0, 0.05) is 11.8 Å². The van der Waals surface area contributed by atoms with Gasteiger partial charge < -0.3 is 0 Å². The highest BCUT2D eigenvalue weighted by molar-refractivity contribution is 7.90. The monoisotopic (exact) mass is 324 g/mol. The Kier molecular flexibility index (Phi) is 4.21. The summed E-state index contributed by atoms with van der Waals surface area (Å²) in [7, 11) is -3.43. The first kappa shape index (κ1) is 15.4. The zero-order valence-corrected chi connectivity index (χ0v) is 13.5. The molecule has 4 nitrogen and oxygen atoms in total. The second-order valence-corrected chi connectivity index (χ2v) is 7.33. The van der Waals surface area contributed by atoms with Crippen LogP contribution in [0.2, 0.25) is 0 Å². The Morgan fingerprint density at radius 1 is 0.913 bits per heavy atom. The lowest BCUT2D eigenvalue weighted by molar-refractivity contribution is 0.595. The van der Waals surface area contributed by atoms with Gasteiger partial charge >= 0.3 is 0 Å². The molecule has 2 aromatic carbocycles. The first-order valence-corrected chi connectivity index (χ1v) is 8.87. The number of hydrogen-bond acceptors (Lipinski definition) is 4. The predicted molar refractivity (Wildman–Crippen MR) is 89.5 cm³/mol. The van der Waals surface area contributed by atoms with Crippen LogP contribution in [-0.2, 0) is 15.6 Å². The van der Waals surface area contributed by atoms with Crippen LogP contribution in [0.3, 0.4) is 0 Å². The molecule has 3 rings (SSSR count). The van der Waals surface area contributed by atoms with Crippen LogP contribution in [0.25, 0.3) is 11.3 Å². The van der Waals surface area contributed by atoms with E-state index in [4.69, 9.17) is 0 Å². The smallest absolute Gasteiger partial charge is 0.182 e. The molecule has 116 valence electrons. The molecule has 0 spiro atoms. The molecule has 0 N–H and O–H groups in total. The van der Waals surface area contributed by atoms with E-state index in [9.17, 15) is 8.42 Å². The van der Waals surface area contributed by atoms with Crippen LogP contribution in [0, 0.1) is 6.92 Å². The molecular weight excluding hydrogens is 308 g/mol. The molecule has 0 saturated heterocycles. The number of aryl methyl sites for hydroxylation is 1. The fourth-order valence-corrected chi connectivity index (χ4v) is 3.71. The maximum atomic E-state index is 12.6. The quantitative estimate of drug-likeness (QED) is 0.738. The fourth-order valence-electron chi connectivity index (χ4n) is 2.35. The maximum Gasteiger partial charge on any atom is 0.182 e. The van der Waals surface area contributed by atoms with E-state index in [2.05, 4.69) is 10.2 Å². The Morgan fingerprint density at radius 3 is 2.30 bits per heavy atom. The first-order chi connectivity index (χ1) is 11.1. The summed E-state index contributed by atoms with van der Waals surface area (Å²) >= 11 is 0. The van der Waals surface area contributed by atoms with Crippen molar-refractivity contribution < 1.29 is 8.42 Å². The second-order valence-electron chi connectivity index (χ2n) is 5.34. The highest BCUT2D eigenvalue weighted by Gasteiger charge is 2.18. The van der Waals surface area contributed by atoms with E-state index in [1.54, 1.807) is 30.3 Å². The van der Waals surface area contributed by atoms with Crippen LogP contribution < -0.4 is 0 Å². The SMILES string of the molecule is Cc1ccc(S(=O)(=O)Cc2ccnnc2-c2ccccc2)cc1. The van der Waals surface area contributed by atoms with Gasteiger partial charge in [0.15, 0.2) is 9.84 Å². The Morgan fingerprint density at radius 2 is 1.61 bits per heavy atom. The van der Waals surface area contributed by atoms with Crippen LogP contribution in [-0.4, -0.2) is 18.6 Å². The highest BCUT2D eigenvalue weighted by atomic mass is 32.2. The summed E-state index contributed by atoms with van der Waals surface area (Å²) < 4.78 is 25.3. The normalized spacial score (nSPS) is 11.3. The summed E-state index contributed by atoms with van der Waals surface area (Å²) in [6.45, 7) is 1.93. The molecule has 23 heavy (non-hydrogen) atoms. The molecule has 0 saturated carbocycles. The third-order valence-electron chi connectivity index (χ3n) is 3.58. The van der Waals surface area contributed by atoms with Crippen molar-refractivity contribution in [2.75, 3.05) is 0 Å². The second kappa shape index (κ2) is 6.30. The lowest BCUT2D eigenvalue weighted by Gasteiger charge is -2.09. The van der Waals surface area contributed by atoms with Crippen molar-refractivity contribution in [3.8, 4) is 11.3 Å². The molecule has 3 aromatic rings. The number of nitrogens with zero attached hydrogens (tertiary/aromatic N) is 2. The van der Waals surface area contributed by atoms with Crippen molar-refractivity contribution in [2.24, 2.45) is 0 Å². The molecule has 0 unspecified atom stereocenters. The summed E-state index contributed by atoms with van der Waals surface area (Å²) in [5, 5.41) is 8.02. The number of benzene rings is 2. The van der Waals surface area contributed by atoms with Gasteiger partial charge in [-0.1, -0.05) is 48.0 Å². The largest absolute Gasteiger partial charge is 0.223 e. The molecule has 0 radical (unpaired) electrons. The number of sulfone groups is 1. The zero-order chi connectivity index (χ0) is 16.3. The standard InChI is InChI=1S/C18H16N2O2S/c1-14-7-9-17(10-8-14)23(21,22)13-16-11-12-19-20-18(16)15-5-3-2-4-6-15/h2-12H,13H2,1H3. The molecule has 0 atom stereocenters. The molecule has 1 aromatic heterocycles. The molecule has 0 aliphatic rings. The van der Waals surface area contributed by atoms with E-state index in [0.29, 0.717) is 16.2 Å². The molecule has 1 heterocycles. The summed E-state index contributed by atoms with van der Waals surface area (Å²) in [5.41, 5.74) is 3.13. The van der Waals surface area contributed by atoms with Gasteiger partial charge in [0.2, 0.25) is 0 Å². The minimum atomic E-state index is -3.43. The van der Waals surface area contributed by atoms with Crippen molar-refractivity contribution in [1.29, 1.82) is 0 Å². The van der Waals surface area contributed by atoms with Gasteiger partial charge in [-0.25, -0.2) is 8.42 Å². The number of aromatic nitrogens is 2. The minimum Gasteiger partial charge on any atom is -0.223 e. The van der Waals surface area contributed by atoms with Gasteiger partial charge in [-0.05, 0) is 30.7 Å². The Hall–Kier alpha value is -2.53. The summed E-state index contributed by atoms with van der Waals surface area (Å²) in [5.74, 6) is -0.101. The van der Waals surface area contributed by atoms with Gasteiger partial charge in [0.1, 0.15) is 0 Å². The zero-order valence-electron chi connectivity index (χ0n) is 12.7. The van der Waals surface area contributed by atoms with Crippen molar-refractivity contribution in [1.82, 2.24) is 10.2 Å². The predicted octanol–water partition coefficient (Wildman–Crippen LogP) is 3.43. The van der Waals surface area contributed by atoms with Gasteiger partial charge in [-0.3, -0.25) is 0 Å². The van der Waals surface area contributed by atoms with Crippen molar-refractivity contribution >= 4 is 9.84 Å². The summed E-state index contributed by atoms with van der Waals surface area (Å²) in [4.78, 5) is 0.318. The number of rotatable bonds is 4. The molecule has 0 aliphatic carbocycles. The maximum absolute atomic E-state index is 12.6. The van der Waals surface area contributed by atoms with Gasteiger partial charge in [-0.2, -0.15) is 10.2 Å². The molecule has 5 heteroatoms. The average molecular weight is 324 g/mol.